The second kappa shape index (κ2) is 6.07. The van der Waals surface area contributed by atoms with Gasteiger partial charge in [-0.2, -0.15) is 0 Å². The topological polar surface area (TPSA) is 92.4 Å². The zero-order chi connectivity index (χ0) is 14.8. The number of hydrogen-bond donors (Lipinski definition) is 3. The van der Waals surface area contributed by atoms with Gasteiger partial charge >= 0.3 is 0 Å². The normalized spacial score (nSPS) is 23.1. The van der Waals surface area contributed by atoms with E-state index in [0.717, 1.165) is 25.3 Å². The van der Waals surface area contributed by atoms with Gasteiger partial charge in [0.15, 0.2) is 0 Å². The molecule has 0 bridgehead atoms. The summed E-state index contributed by atoms with van der Waals surface area (Å²) < 4.78 is 40.1. The number of sulfonamides is 1. The van der Waals surface area contributed by atoms with Crippen molar-refractivity contribution in [2.45, 2.75) is 24.2 Å². The first-order valence-electron chi connectivity index (χ1n) is 6.60. The molecule has 0 radical (unpaired) electrons. The molecule has 20 heavy (non-hydrogen) atoms. The summed E-state index contributed by atoms with van der Waals surface area (Å²) in [6.45, 7) is 0.304. The quantitative estimate of drug-likeness (QED) is 0.710. The van der Waals surface area contributed by atoms with Crippen LogP contribution in [0.15, 0.2) is 23.1 Å². The summed E-state index contributed by atoms with van der Waals surface area (Å²) in [5, 5.41) is 9.22. The molecule has 2 atom stereocenters. The van der Waals surface area contributed by atoms with Crippen molar-refractivity contribution in [1.29, 1.82) is 0 Å². The van der Waals surface area contributed by atoms with Crippen LogP contribution in [0.25, 0.3) is 0 Å². The highest BCUT2D eigenvalue weighted by Gasteiger charge is 2.28. The molecule has 1 aromatic carbocycles. The first-order chi connectivity index (χ1) is 9.45. The van der Waals surface area contributed by atoms with Crippen molar-refractivity contribution in [3.63, 3.8) is 0 Å². The van der Waals surface area contributed by atoms with Gasteiger partial charge in [-0.25, -0.2) is 17.5 Å². The molecular formula is C13H19FN2O3S. The monoisotopic (exact) mass is 302 g/mol. The predicted molar refractivity (Wildman–Crippen MR) is 73.9 cm³/mol. The molecule has 0 amide bonds. The van der Waals surface area contributed by atoms with Crippen LogP contribution in [0.3, 0.4) is 0 Å². The lowest BCUT2D eigenvalue weighted by Gasteiger charge is -2.18. The number of nitrogens with two attached hydrogens (primary N) is 1. The van der Waals surface area contributed by atoms with Gasteiger partial charge in [0.05, 0.1) is 5.69 Å². The maximum absolute atomic E-state index is 13.3. The van der Waals surface area contributed by atoms with Crippen LogP contribution >= 0.6 is 0 Å². The smallest absolute Gasteiger partial charge is 0.242 e. The fourth-order valence-corrected chi connectivity index (χ4v) is 3.90. The summed E-state index contributed by atoms with van der Waals surface area (Å²) in [6.07, 6.45) is 2.77. The maximum Gasteiger partial charge on any atom is 0.242 e. The van der Waals surface area contributed by atoms with E-state index in [1.807, 2.05) is 0 Å². The Hall–Kier alpha value is -1.18. The number of rotatable bonds is 5. The molecule has 0 heterocycles. The van der Waals surface area contributed by atoms with Gasteiger partial charge in [0.25, 0.3) is 0 Å². The molecule has 7 heteroatoms. The minimum absolute atomic E-state index is 0.0640. The molecule has 4 N–H and O–H groups in total. The van der Waals surface area contributed by atoms with Crippen molar-refractivity contribution in [3.8, 4) is 0 Å². The van der Waals surface area contributed by atoms with E-state index in [2.05, 4.69) is 4.72 Å². The number of aliphatic hydroxyl groups excluding tert-OH is 1. The van der Waals surface area contributed by atoms with Crippen molar-refractivity contribution in [2.75, 3.05) is 18.9 Å². The Morgan fingerprint density at radius 1 is 1.35 bits per heavy atom. The van der Waals surface area contributed by atoms with E-state index in [4.69, 9.17) is 5.73 Å². The summed E-state index contributed by atoms with van der Waals surface area (Å²) in [4.78, 5) is -0.240. The van der Waals surface area contributed by atoms with Gasteiger partial charge in [-0.05, 0) is 36.8 Å². The fourth-order valence-electron chi connectivity index (χ4n) is 2.67. The summed E-state index contributed by atoms with van der Waals surface area (Å²) in [6, 6.07) is 3.71. The second-order valence-electron chi connectivity index (χ2n) is 5.14. The van der Waals surface area contributed by atoms with Crippen LogP contribution in [0.2, 0.25) is 0 Å². The SMILES string of the molecule is Nc1c(F)cccc1S(=O)(=O)NCC1CCCC1CO. The molecule has 1 fully saturated rings. The van der Waals surface area contributed by atoms with E-state index in [1.165, 1.54) is 12.1 Å². The highest BCUT2D eigenvalue weighted by Crippen LogP contribution is 2.31. The Morgan fingerprint density at radius 2 is 2.05 bits per heavy atom. The van der Waals surface area contributed by atoms with E-state index in [1.54, 1.807) is 0 Å². The average molecular weight is 302 g/mol. The number of benzene rings is 1. The molecule has 0 aliphatic heterocycles. The largest absolute Gasteiger partial charge is 0.396 e. The summed E-state index contributed by atoms with van der Waals surface area (Å²) in [5.41, 5.74) is 5.10. The predicted octanol–water partition coefficient (Wildman–Crippen LogP) is 1.09. The van der Waals surface area contributed by atoms with Crippen molar-refractivity contribution in [1.82, 2.24) is 4.72 Å². The van der Waals surface area contributed by atoms with Crippen LogP contribution in [0.5, 0.6) is 0 Å². The van der Waals surface area contributed by atoms with Gasteiger partial charge in [-0.1, -0.05) is 12.5 Å². The van der Waals surface area contributed by atoms with Crippen LogP contribution in [-0.2, 0) is 10.0 Å². The van der Waals surface area contributed by atoms with Crippen molar-refractivity contribution in [3.05, 3.63) is 24.0 Å². The Kier molecular flexibility index (Phi) is 4.62. The third-order valence-electron chi connectivity index (χ3n) is 3.89. The number of aliphatic hydroxyl groups is 1. The molecular weight excluding hydrogens is 283 g/mol. The van der Waals surface area contributed by atoms with Crippen molar-refractivity contribution >= 4 is 15.7 Å². The molecule has 0 spiro atoms. The van der Waals surface area contributed by atoms with Gasteiger partial charge in [0, 0.05) is 13.2 Å². The molecule has 1 aromatic rings. The van der Waals surface area contributed by atoms with Gasteiger partial charge in [-0.3, -0.25) is 0 Å². The van der Waals surface area contributed by atoms with Crippen molar-refractivity contribution in [2.24, 2.45) is 11.8 Å². The lowest BCUT2D eigenvalue weighted by molar-refractivity contribution is 0.195. The summed E-state index contributed by atoms with van der Waals surface area (Å²) >= 11 is 0. The number of nitrogens with one attached hydrogen (secondary N) is 1. The zero-order valence-electron chi connectivity index (χ0n) is 11.0. The summed E-state index contributed by atoms with van der Waals surface area (Å²) in [5.74, 6) is -0.505. The molecule has 0 saturated heterocycles. The van der Waals surface area contributed by atoms with Gasteiger partial charge in [0.2, 0.25) is 10.0 Å². The Bertz CT molecular complexity index is 577. The van der Waals surface area contributed by atoms with Crippen LogP contribution in [-0.4, -0.2) is 26.7 Å². The molecule has 1 aliphatic rings. The molecule has 2 unspecified atom stereocenters. The standard InChI is InChI=1S/C13H19FN2O3S/c14-11-5-2-6-12(13(11)15)20(18,19)16-7-9-3-1-4-10(9)8-17/h2,5-6,9-10,16-17H,1,3-4,7-8,15H2. The number of anilines is 1. The minimum atomic E-state index is -3.83. The van der Waals surface area contributed by atoms with E-state index in [0.29, 0.717) is 0 Å². The summed E-state index contributed by atoms with van der Waals surface area (Å²) in [7, 11) is -3.83. The number of hydrogen-bond acceptors (Lipinski definition) is 4. The van der Waals surface area contributed by atoms with Gasteiger partial charge in [0.1, 0.15) is 10.7 Å². The zero-order valence-corrected chi connectivity index (χ0v) is 11.9. The fraction of sp³-hybridized carbons (Fsp3) is 0.538. The van der Waals surface area contributed by atoms with E-state index < -0.39 is 15.8 Å². The molecule has 1 saturated carbocycles. The van der Waals surface area contributed by atoms with Gasteiger partial charge in [-0.15, -0.1) is 0 Å². The Labute approximate surface area is 118 Å². The first-order valence-corrected chi connectivity index (χ1v) is 8.08. The van der Waals surface area contributed by atoms with E-state index >= 15 is 0 Å². The molecule has 1 aliphatic carbocycles. The Morgan fingerprint density at radius 3 is 2.75 bits per heavy atom. The average Bonchev–Trinajstić information content (AvgIpc) is 2.87. The number of nitrogen functional groups attached to an aromatic ring is 1. The lowest BCUT2D eigenvalue weighted by Crippen LogP contribution is -2.32. The molecule has 2 rings (SSSR count). The number of para-hydroxylation sites is 1. The third-order valence-corrected chi connectivity index (χ3v) is 5.37. The molecule has 112 valence electrons. The van der Waals surface area contributed by atoms with E-state index in [9.17, 15) is 17.9 Å². The highest BCUT2D eigenvalue weighted by atomic mass is 32.2. The first kappa shape index (κ1) is 15.2. The Balaban J connectivity index is 2.10. The number of halogens is 1. The van der Waals surface area contributed by atoms with E-state index in [-0.39, 0.29) is 35.6 Å². The van der Waals surface area contributed by atoms with Crippen LogP contribution in [0.4, 0.5) is 10.1 Å². The highest BCUT2D eigenvalue weighted by molar-refractivity contribution is 7.89. The van der Waals surface area contributed by atoms with Crippen molar-refractivity contribution < 1.29 is 17.9 Å². The molecule has 5 nitrogen and oxygen atoms in total. The lowest BCUT2D eigenvalue weighted by atomic mass is 9.97. The van der Waals surface area contributed by atoms with Crippen LogP contribution in [0, 0.1) is 17.7 Å². The van der Waals surface area contributed by atoms with Crippen LogP contribution in [0.1, 0.15) is 19.3 Å². The second-order valence-corrected chi connectivity index (χ2v) is 6.87. The van der Waals surface area contributed by atoms with Gasteiger partial charge < -0.3 is 10.8 Å². The maximum atomic E-state index is 13.3. The third kappa shape index (κ3) is 3.11. The minimum Gasteiger partial charge on any atom is -0.396 e. The van der Waals surface area contributed by atoms with Crippen LogP contribution < -0.4 is 10.5 Å². The molecule has 0 aromatic heterocycles.